The average molecular weight is 712 g/mol. The van der Waals surface area contributed by atoms with Gasteiger partial charge in [-0.1, -0.05) is 48.5 Å². The van der Waals surface area contributed by atoms with Crippen molar-refractivity contribution in [3.8, 4) is 11.5 Å². The molecule has 1 heterocycles. The van der Waals surface area contributed by atoms with Gasteiger partial charge < -0.3 is 20.1 Å². The van der Waals surface area contributed by atoms with Gasteiger partial charge in [-0.25, -0.2) is 4.90 Å². The molecule has 0 spiro atoms. The van der Waals surface area contributed by atoms with Crippen LogP contribution in [0.1, 0.15) is 22.3 Å². The van der Waals surface area contributed by atoms with Crippen LogP contribution in [0.3, 0.4) is 0 Å². The van der Waals surface area contributed by atoms with Crippen molar-refractivity contribution in [3.63, 3.8) is 0 Å². The number of amides is 4. The minimum atomic E-state index is -0.619. The summed E-state index contributed by atoms with van der Waals surface area (Å²) in [7, 11) is 3.00. The van der Waals surface area contributed by atoms with Crippen molar-refractivity contribution in [2.24, 2.45) is 10.2 Å². The molecule has 5 aromatic rings. The molecule has 1 saturated heterocycles. The highest BCUT2D eigenvalue weighted by Crippen LogP contribution is 2.36. The van der Waals surface area contributed by atoms with Crippen LogP contribution in [0.2, 0.25) is 0 Å². The normalized spacial score (nSPS) is 14.4. The zero-order valence-electron chi connectivity index (χ0n) is 28.2. The lowest BCUT2D eigenvalue weighted by Gasteiger charge is -2.15. The van der Waals surface area contributed by atoms with Gasteiger partial charge in [-0.15, -0.1) is 11.8 Å². The van der Waals surface area contributed by atoms with Gasteiger partial charge in [0.2, 0.25) is 11.8 Å². The van der Waals surface area contributed by atoms with Crippen molar-refractivity contribution in [2.75, 3.05) is 24.4 Å². The van der Waals surface area contributed by atoms with Crippen molar-refractivity contribution < 1.29 is 28.7 Å². The molecule has 0 aromatic heterocycles. The van der Waals surface area contributed by atoms with Crippen LogP contribution in [-0.2, 0) is 14.4 Å². The first-order chi connectivity index (χ1) is 25.3. The molecule has 5 aromatic carbocycles. The number of imide groups is 1. The van der Waals surface area contributed by atoms with Gasteiger partial charge in [0.05, 0.1) is 36.5 Å². The summed E-state index contributed by atoms with van der Waals surface area (Å²) in [5, 5.41) is 13.3. The van der Waals surface area contributed by atoms with E-state index in [4.69, 9.17) is 9.47 Å². The van der Waals surface area contributed by atoms with Crippen LogP contribution >= 0.6 is 11.8 Å². The number of nitrogens with zero attached hydrogens (tertiary/aromatic N) is 3. The molecule has 1 atom stereocenters. The second-order valence-electron chi connectivity index (χ2n) is 11.4. The van der Waals surface area contributed by atoms with Crippen LogP contribution in [0, 0.1) is 0 Å². The molecule has 4 amide bonds. The van der Waals surface area contributed by atoms with Gasteiger partial charge in [0, 0.05) is 28.1 Å². The first kappa shape index (κ1) is 35.3. The summed E-state index contributed by atoms with van der Waals surface area (Å²) in [6, 6.07) is 36.7. The van der Waals surface area contributed by atoms with E-state index in [-0.39, 0.29) is 23.9 Å². The van der Waals surface area contributed by atoms with Crippen molar-refractivity contribution in [3.05, 3.63) is 144 Å². The van der Waals surface area contributed by atoms with Crippen LogP contribution in [0.4, 0.5) is 22.7 Å². The van der Waals surface area contributed by atoms with Crippen molar-refractivity contribution in [2.45, 2.75) is 16.6 Å². The minimum absolute atomic E-state index is 0.0266. The second kappa shape index (κ2) is 16.5. The molecule has 6 rings (SSSR count). The Labute approximate surface area is 304 Å². The predicted molar refractivity (Wildman–Crippen MR) is 200 cm³/mol. The fraction of sp³-hybridized carbons (Fsp3) is 0.100. The van der Waals surface area contributed by atoms with Gasteiger partial charge in [0.1, 0.15) is 5.70 Å². The van der Waals surface area contributed by atoms with Crippen molar-refractivity contribution in [1.82, 2.24) is 5.32 Å². The van der Waals surface area contributed by atoms with E-state index >= 15 is 0 Å². The molecule has 0 saturated carbocycles. The Hall–Kier alpha value is -6.53. The number of nitrogens with one attached hydrogen (secondary N) is 2. The summed E-state index contributed by atoms with van der Waals surface area (Å²) in [5.74, 6) is -0.799. The fourth-order valence-corrected chi connectivity index (χ4v) is 6.40. The Kier molecular flexibility index (Phi) is 11.2. The summed E-state index contributed by atoms with van der Waals surface area (Å²) >= 11 is 1.27. The SMILES string of the molecule is COc1cccc(/C=C(\NC(=O)c2ccccc2)C(=O)Nc2ccc(SC3CC(=O)N(c4ccc(N=Nc5ccccc5)cc4)C3=O)cc2)c1OC. The van der Waals surface area contributed by atoms with E-state index in [0.29, 0.717) is 45.4 Å². The maximum atomic E-state index is 13.6. The first-order valence-corrected chi connectivity index (χ1v) is 17.0. The highest BCUT2D eigenvalue weighted by molar-refractivity contribution is 8.00. The topological polar surface area (TPSA) is 139 Å². The molecule has 1 aliphatic rings. The van der Waals surface area contributed by atoms with E-state index in [1.54, 1.807) is 97.1 Å². The monoisotopic (exact) mass is 711 g/mol. The Morgan fingerprint density at radius 1 is 0.769 bits per heavy atom. The molecule has 2 N–H and O–H groups in total. The van der Waals surface area contributed by atoms with Crippen molar-refractivity contribution in [1.29, 1.82) is 0 Å². The zero-order chi connectivity index (χ0) is 36.5. The lowest BCUT2D eigenvalue weighted by Crippen LogP contribution is -2.31. The standard InChI is InChI=1S/C40H33N5O6S/c1-50-34-15-9-12-27(37(34)51-2)24-33(42-38(47)26-10-5-3-6-11-26)39(48)41-28-18-22-32(23-19-28)52-35-25-36(46)45(40(35)49)31-20-16-30(17-21-31)44-43-29-13-7-4-8-14-29/h3-24,35H,25H2,1-2H3,(H,41,48)(H,42,47)/b33-24-,44-43?. The number of anilines is 2. The summed E-state index contributed by atoms with van der Waals surface area (Å²) in [4.78, 5) is 54.9. The number of benzene rings is 5. The molecule has 1 aliphatic heterocycles. The Bertz CT molecular complexity index is 2140. The number of hydrogen-bond donors (Lipinski definition) is 2. The lowest BCUT2D eigenvalue weighted by atomic mass is 10.1. The molecule has 260 valence electrons. The summed E-state index contributed by atoms with van der Waals surface area (Å²) in [6.45, 7) is 0. The molecule has 0 radical (unpaired) electrons. The predicted octanol–water partition coefficient (Wildman–Crippen LogP) is 7.95. The highest BCUT2D eigenvalue weighted by Gasteiger charge is 2.40. The molecular formula is C40H33N5O6S. The van der Waals surface area contributed by atoms with E-state index in [1.807, 2.05) is 30.3 Å². The van der Waals surface area contributed by atoms with Crippen LogP contribution in [0.25, 0.3) is 6.08 Å². The maximum absolute atomic E-state index is 13.6. The van der Waals surface area contributed by atoms with Crippen LogP contribution in [0.5, 0.6) is 11.5 Å². The van der Waals surface area contributed by atoms with Crippen LogP contribution < -0.4 is 25.0 Å². The summed E-state index contributed by atoms with van der Waals surface area (Å²) < 4.78 is 10.9. The number of hydrogen-bond acceptors (Lipinski definition) is 9. The van der Waals surface area contributed by atoms with E-state index in [9.17, 15) is 19.2 Å². The Morgan fingerprint density at radius 2 is 1.42 bits per heavy atom. The van der Waals surface area contributed by atoms with E-state index in [1.165, 1.54) is 37.0 Å². The van der Waals surface area contributed by atoms with E-state index < -0.39 is 17.1 Å². The Morgan fingerprint density at radius 3 is 2.08 bits per heavy atom. The van der Waals surface area contributed by atoms with Gasteiger partial charge in [-0.05, 0) is 84.9 Å². The third kappa shape index (κ3) is 8.42. The number of carbonyl (C=O) groups excluding carboxylic acids is 4. The van der Waals surface area contributed by atoms with Crippen molar-refractivity contribution >= 4 is 64.2 Å². The van der Waals surface area contributed by atoms with Crippen LogP contribution in [0.15, 0.2) is 148 Å². The molecule has 0 aliphatic carbocycles. The maximum Gasteiger partial charge on any atom is 0.272 e. The third-order valence-electron chi connectivity index (χ3n) is 7.90. The smallest absolute Gasteiger partial charge is 0.272 e. The minimum Gasteiger partial charge on any atom is -0.493 e. The van der Waals surface area contributed by atoms with E-state index in [2.05, 4.69) is 20.9 Å². The van der Waals surface area contributed by atoms with Gasteiger partial charge >= 0.3 is 0 Å². The summed E-state index contributed by atoms with van der Waals surface area (Å²) in [5.41, 5.74) is 3.08. The quantitative estimate of drug-likeness (QED) is 0.0761. The van der Waals surface area contributed by atoms with Gasteiger partial charge in [0.25, 0.3) is 11.8 Å². The van der Waals surface area contributed by atoms with Crippen LogP contribution in [-0.4, -0.2) is 43.1 Å². The molecule has 52 heavy (non-hydrogen) atoms. The number of rotatable bonds is 12. The number of carbonyl (C=O) groups is 4. The molecular weight excluding hydrogens is 679 g/mol. The third-order valence-corrected chi connectivity index (χ3v) is 9.10. The Balaban J connectivity index is 1.13. The average Bonchev–Trinajstić information content (AvgIpc) is 3.46. The number of ether oxygens (including phenoxy) is 2. The van der Waals surface area contributed by atoms with Gasteiger partial charge in [-0.3, -0.25) is 19.2 Å². The van der Waals surface area contributed by atoms with Gasteiger partial charge in [0.15, 0.2) is 11.5 Å². The largest absolute Gasteiger partial charge is 0.493 e. The van der Waals surface area contributed by atoms with E-state index in [0.717, 1.165) is 4.90 Å². The molecule has 1 unspecified atom stereocenters. The number of para-hydroxylation sites is 1. The molecule has 12 heteroatoms. The zero-order valence-corrected chi connectivity index (χ0v) is 29.0. The first-order valence-electron chi connectivity index (χ1n) is 16.1. The highest BCUT2D eigenvalue weighted by atomic mass is 32.2. The second-order valence-corrected chi connectivity index (χ2v) is 12.6. The lowest BCUT2D eigenvalue weighted by molar-refractivity contribution is -0.121. The summed E-state index contributed by atoms with van der Waals surface area (Å²) in [6.07, 6.45) is 1.55. The number of thioether (sulfide) groups is 1. The molecule has 1 fully saturated rings. The molecule has 11 nitrogen and oxygen atoms in total. The fourth-order valence-electron chi connectivity index (χ4n) is 5.35. The van der Waals surface area contributed by atoms with Gasteiger partial charge in [-0.2, -0.15) is 10.2 Å². The number of azo groups is 1. The molecule has 0 bridgehead atoms. The number of methoxy groups -OCH3 is 2.